The SMILES string of the molecule is CC(C)CCCC1=CC(=CC2=C([O-])C(=Cc3cc(CCC(C)(C)C)[s+]c(CCC(C)(C)C)c3)C2=O)C=C(CCCC(C)C)S1. The summed E-state index contributed by atoms with van der Waals surface area (Å²) < 4.78 is 0. The number of carbonyl (C=O) groups is 1. The largest absolute Gasteiger partial charge is 0.871 e. The molecule has 3 rings (SSSR count). The van der Waals surface area contributed by atoms with E-state index in [2.05, 4.69) is 93.5 Å². The first kappa shape index (κ1) is 36.6. The second-order valence-electron chi connectivity index (χ2n) is 16.1. The summed E-state index contributed by atoms with van der Waals surface area (Å²) in [5, 5.41) is 13.4. The van der Waals surface area contributed by atoms with E-state index >= 15 is 0 Å². The van der Waals surface area contributed by atoms with Crippen LogP contribution in [-0.2, 0) is 17.6 Å². The van der Waals surface area contributed by atoms with Crippen molar-refractivity contribution in [2.24, 2.45) is 22.7 Å². The minimum atomic E-state index is -0.120. The lowest BCUT2D eigenvalue weighted by Crippen LogP contribution is -2.29. The molecule has 0 radical (unpaired) electrons. The fourth-order valence-corrected chi connectivity index (χ4v) is 7.69. The molecule has 0 N–H and O–H groups in total. The van der Waals surface area contributed by atoms with Crippen molar-refractivity contribution in [1.29, 1.82) is 0 Å². The van der Waals surface area contributed by atoms with E-state index in [0.29, 0.717) is 23.0 Å². The Labute approximate surface area is 277 Å². The summed E-state index contributed by atoms with van der Waals surface area (Å²) in [6.45, 7) is 22.8. The van der Waals surface area contributed by atoms with Crippen LogP contribution in [0, 0.1) is 22.7 Å². The average Bonchev–Trinajstić information content (AvgIpc) is 2.91. The van der Waals surface area contributed by atoms with Crippen molar-refractivity contribution in [3.05, 3.63) is 78.0 Å². The molecule has 1 aromatic heterocycles. The number of carbonyl (C=O) groups excluding carboxylic acids is 1. The Morgan fingerprint density at radius 3 is 1.66 bits per heavy atom. The zero-order valence-electron chi connectivity index (χ0n) is 29.3. The predicted octanol–water partition coefficient (Wildman–Crippen LogP) is 11.7. The van der Waals surface area contributed by atoms with Gasteiger partial charge in [0, 0.05) is 36.1 Å². The average molecular weight is 635 g/mol. The Morgan fingerprint density at radius 2 is 1.25 bits per heavy atom. The van der Waals surface area contributed by atoms with Crippen LogP contribution >= 0.6 is 23.1 Å². The summed E-state index contributed by atoms with van der Waals surface area (Å²) in [6, 6.07) is 4.38. The lowest BCUT2D eigenvalue weighted by molar-refractivity contribution is -0.300. The van der Waals surface area contributed by atoms with E-state index in [9.17, 15) is 9.90 Å². The molecule has 0 fully saturated rings. The summed E-state index contributed by atoms with van der Waals surface area (Å²) in [5.74, 6) is 1.15. The Kier molecular flexibility index (Phi) is 13.4. The molecule has 4 heteroatoms. The number of hydrogen-bond acceptors (Lipinski definition) is 3. The van der Waals surface area contributed by atoms with Gasteiger partial charge in [-0.05, 0) is 106 Å². The smallest absolute Gasteiger partial charge is 0.218 e. The number of rotatable bonds is 14. The highest BCUT2D eigenvalue weighted by molar-refractivity contribution is 8.06. The first-order chi connectivity index (χ1) is 20.5. The Bertz CT molecular complexity index is 1250. The van der Waals surface area contributed by atoms with E-state index in [-0.39, 0.29) is 22.4 Å². The lowest BCUT2D eigenvalue weighted by Gasteiger charge is -2.29. The first-order valence-corrected chi connectivity index (χ1v) is 18.6. The summed E-state index contributed by atoms with van der Waals surface area (Å²) >= 11 is 3.78. The van der Waals surface area contributed by atoms with Crippen LogP contribution in [0.15, 0.2) is 62.6 Å². The minimum absolute atomic E-state index is 0.120. The quantitative estimate of drug-likeness (QED) is 0.151. The molecule has 44 heavy (non-hydrogen) atoms. The van der Waals surface area contributed by atoms with Crippen LogP contribution in [0.4, 0.5) is 0 Å². The van der Waals surface area contributed by atoms with Crippen LogP contribution in [0.1, 0.15) is 136 Å². The number of aryl methyl sites for hydroxylation is 2. The molecule has 0 amide bonds. The van der Waals surface area contributed by atoms with Crippen molar-refractivity contribution in [1.82, 2.24) is 0 Å². The van der Waals surface area contributed by atoms with Gasteiger partial charge in [-0.25, -0.2) is 0 Å². The van der Waals surface area contributed by atoms with E-state index in [1.54, 1.807) is 0 Å². The molecule has 0 saturated carbocycles. The molecule has 2 aliphatic rings. The molecule has 0 bridgehead atoms. The van der Waals surface area contributed by atoms with Crippen molar-refractivity contribution in [2.75, 3.05) is 0 Å². The highest BCUT2D eigenvalue weighted by atomic mass is 32.2. The lowest BCUT2D eigenvalue weighted by atomic mass is 9.85. The van der Waals surface area contributed by atoms with Crippen LogP contribution in [0.3, 0.4) is 0 Å². The number of allylic oxidation sites excluding steroid dienone is 8. The van der Waals surface area contributed by atoms with Gasteiger partial charge >= 0.3 is 0 Å². The van der Waals surface area contributed by atoms with E-state index in [1.165, 1.54) is 32.4 Å². The molecule has 1 aliphatic heterocycles. The molecule has 1 aliphatic carbocycles. The Hall–Kier alpha value is -1.91. The fraction of sp³-hybridized carbons (Fsp3) is 0.600. The van der Waals surface area contributed by atoms with Crippen molar-refractivity contribution < 1.29 is 9.90 Å². The standard InChI is InChI=1S/C40H58O2S2/c1-27(2)13-11-15-31-21-29(22-32(43-31)16-12-14-28(3)4)25-35-37(41)36(38(35)42)26-30-23-33(17-19-39(5,6)7)44-34(24-30)18-20-40(8,9)10/h21-28H,11-20H2,1-10H3. The number of thioether (sulfide) groups is 1. The third kappa shape index (κ3) is 12.5. The molecular weight excluding hydrogens is 577 g/mol. The zero-order valence-corrected chi connectivity index (χ0v) is 31.0. The van der Waals surface area contributed by atoms with Crippen molar-refractivity contribution in [3.8, 4) is 0 Å². The van der Waals surface area contributed by atoms with Gasteiger partial charge in [-0.1, -0.05) is 99.6 Å². The molecule has 1 aromatic rings. The van der Waals surface area contributed by atoms with Crippen LogP contribution in [-0.4, -0.2) is 5.78 Å². The third-order valence-corrected chi connectivity index (χ3v) is 10.4. The molecule has 0 aromatic carbocycles. The van der Waals surface area contributed by atoms with E-state index in [4.69, 9.17) is 0 Å². The van der Waals surface area contributed by atoms with Crippen LogP contribution < -0.4 is 5.11 Å². The monoisotopic (exact) mass is 634 g/mol. The topological polar surface area (TPSA) is 40.1 Å². The van der Waals surface area contributed by atoms with Gasteiger partial charge in [-0.2, -0.15) is 0 Å². The summed E-state index contributed by atoms with van der Waals surface area (Å²) in [6.07, 6.45) is 19.2. The maximum absolute atomic E-state index is 13.4. The van der Waals surface area contributed by atoms with Gasteiger partial charge in [0.15, 0.2) is 5.78 Å². The van der Waals surface area contributed by atoms with Crippen LogP contribution in [0.25, 0.3) is 6.08 Å². The number of Topliss-reactive ketones (excluding diaryl/α,β-unsaturated/α-hetero) is 1. The van der Waals surface area contributed by atoms with E-state index in [0.717, 1.165) is 62.5 Å². The van der Waals surface area contributed by atoms with Gasteiger partial charge in [-0.3, -0.25) is 4.79 Å². The predicted molar refractivity (Wildman–Crippen MR) is 194 cm³/mol. The van der Waals surface area contributed by atoms with E-state index in [1.807, 2.05) is 35.3 Å². The molecule has 0 unspecified atom stereocenters. The highest BCUT2D eigenvalue weighted by Gasteiger charge is 2.27. The van der Waals surface area contributed by atoms with Gasteiger partial charge in [-0.15, -0.1) is 0 Å². The molecule has 2 nitrogen and oxygen atoms in total. The summed E-state index contributed by atoms with van der Waals surface area (Å²) in [7, 11) is 0. The van der Waals surface area contributed by atoms with Gasteiger partial charge in [0.1, 0.15) is 0 Å². The van der Waals surface area contributed by atoms with Crippen LogP contribution in [0.5, 0.6) is 0 Å². The van der Waals surface area contributed by atoms with Gasteiger partial charge in [0.25, 0.3) is 0 Å². The number of ketones is 1. The second-order valence-corrected chi connectivity index (χ2v) is 18.6. The molecular formula is C40H58O2S2. The van der Waals surface area contributed by atoms with Crippen molar-refractivity contribution >= 4 is 35.0 Å². The highest BCUT2D eigenvalue weighted by Crippen LogP contribution is 2.40. The minimum Gasteiger partial charge on any atom is -0.871 e. The Morgan fingerprint density at radius 1 is 0.773 bits per heavy atom. The second kappa shape index (κ2) is 16.1. The maximum Gasteiger partial charge on any atom is 0.218 e. The van der Waals surface area contributed by atoms with Crippen LogP contribution in [0.2, 0.25) is 0 Å². The maximum atomic E-state index is 13.4. The normalized spacial score (nSPS) is 17.0. The number of hydrogen-bond donors (Lipinski definition) is 0. The molecule has 0 atom stereocenters. The summed E-state index contributed by atoms with van der Waals surface area (Å²) in [5.41, 5.74) is 3.14. The fourth-order valence-electron chi connectivity index (χ4n) is 5.34. The molecule has 2 heterocycles. The molecule has 0 saturated heterocycles. The zero-order chi connectivity index (χ0) is 32.7. The molecule has 242 valence electrons. The summed E-state index contributed by atoms with van der Waals surface area (Å²) in [4.78, 5) is 18.7. The van der Waals surface area contributed by atoms with Crippen molar-refractivity contribution in [3.63, 3.8) is 0 Å². The third-order valence-electron chi connectivity index (χ3n) is 8.09. The first-order valence-electron chi connectivity index (χ1n) is 16.9. The van der Waals surface area contributed by atoms with Gasteiger partial charge in [0.2, 0.25) is 21.1 Å². The Balaban J connectivity index is 1.89. The van der Waals surface area contributed by atoms with Gasteiger partial charge < -0.3 is 5.11 Å². The van der Waals surface area contributed by atoms with Crippen molar-refractivity contribution in [2.45, 2.75) is 133 Å². The molecule has 0 spiro atoms. The van der Waals surface area contributed by atoms with E-state index < -0.39 is 0 Å². The van der Waals surface area contributed by atoms with Gasteiger partial charge in [0.05, 0.1) is 0 Å².